The Balaban J connectivity index is 1.09. The van der Waals surface area contributed by atoms with Gasteiger partial charge >= 0.3 is 0 Å². The van der Waals surface area contributed by atoms with Gasteiger partial charge in [0.2, 0.25) is 0 Å². The van der Waals surface area contributed by atoms with E-state index in [-0.39, 0.29) is 0 Å². The molecule has 8 aromatic carbocycles. The van der Waals surface area contributed by atoms with Gasteiger partial charge in [-0.15, -0.1) is 0 Å². The van der Waals surface area contributed by atoms with E-state index < -0.39 is 0 Å². The molecular weight excluding hydrogens is 631 g/mol. The summed E-state index contributed by atoms with van der Waals surface area (Å²) in [7, 11) is 0. The highest BCUT2D eigenvalue weighted by Crippen LogP contribution is 2.49. The summed E-state index contributed by atoms with van der Waals surface area (Å²) < 4.78 is 4.84. The molecule has 0 spiro atoms. The van der Waals surface area contributed by atoms with E-state index >= 15 is 0 Å². The number of aromatic nitrogens is 3. The SMILES string of the molecule is c1ccc(-n2c3ccc(-c4ccc5c(c4)c4ccccc4n5-c4ccc5c6c(cncc46)-c4ccccc4-5)cc3c3c4ccccc4ccc32)cc1. The highest BCUT2D eigenvalue weighted by atomic mass is 15.0. The van der Waals surface area contributed by atoms with Crippen LogP contribution in [0.4, 0.5) is 0 Å². The number of nitrogens with zero attached hydrogens (tertiary/aromatic N) is 3. The zero-order chi connectivity index (χ0) is 33.9. The first-order valence-corrected chi connectivity index (χ1v) is 17.9. The Morgan fingerprint density at radius 3 is 1.85 bits per heavy atom. The maximum absolute atomic E-state index is 4.77. The van der Waals surface area contributed by atoms with Crippen molar-refractivity contribution in [3.8, 4) is 44.8 Å². The van der Waals surface area contributed by atoms with Crippen LogP contribution in [0, 0.1) is 0 Å². The summed E-state index contributed by atoms with van der Waals surface area (Å²) in [5.41, 5.74) is 14.6. The van der Waals surface area contributed by atoms with Crippen LogP contribution in [0.3, 0.4) is 0 Å². The Morgan fingerprint density at radius 1 is 0.346 bits per heavy atom. The average molecular weight is 660 g/mol. The molecule has 52 heavy (non-hydrogen) atoms. The molecule has 0 N–H and O–H groups in total. The zero-order valence-corrected chi connectivity index (χ0v) is 28.1. The lowest BCUT2D eigenvalue weighted by molar-refractivity contribution is 1.18. The van der Waals surface area contributed by atoms with Crippen molar-refractivity contribution in [1.82, 2.24) is 14.1 Å². The molecule has 0 unspecified atom stereocenters. The van der Waals surface area contributed by atoms with Gasteiger partial charge in [0.05, 0.1) is 27.8 Å². The van der Waals surface area contributed by atoms with E-state index in [0.29, 0.717) is 0 Å². The Hall–Kier alpha value is -6.97. The van der Waals surface area contributed by atoms with Crippen molar-refractivity contribution in [3.05, 3.63) is 176 Å². The number of hydrogen-bond donors (Lipinski definition) is 0. The highest BCUT2D eigenvalue weighted by Gasteiger charge is 2.24. The quantitative estimate of drug-likeness (QED) is 0.185. The lowest BCUT2D eigenvalue weighted by Crippen LogP contribution is -1.96. The molecule has 0 atom stereocenters. The molecular formula is C49H29N3. The van der Waals surface area contributed by atoms with Crippen LogP contribution in [0.25, 0.3) is 110 Å². The van der Waals surface area contributed by atoms with Crippen molar-refractivity contribution in [3.63, 3.8) is 0 Å². The summed E-state index contributed by atoms with van der Waals surface area (Å²) >= 11 is 0. The van der Waals surface area contributed by atoms with Crippen molar-refractivity contribution in [2.24, 2.45) is 0 Å². The fourth-order valence-corrected chi connectivity index (χ4v) is 9.09. The molecule has 3 heteroatoms. The molecule has 11 aromatic rings. The van der Waals surface area contributed by atoms with Crippen molar-refractivity contribution in [1.29, 1.82) is 0 Å². The van der Waals surface area contributed by atoms with Gasteiger partial charge in [-0.1, -0.05) is 109 Å². The van der Waals surface area contributed by atoms with Crippen LogP contribution in [0.2, 0.25) is 0 Å². The van der Waals surface area contributed by atoms with Gasteiger partial charge in [-0.05, 0) is 93.2 Å². The fourth-order valence-electron chi connectivity index (χ4n) is 9.09. The normalized spacial score (nSPS) is 12.2. The van der Waals surface area contributed by atoms with Gasteiger partial charge in [0.1, 0.15) is 0 Å². The molecule has 1 aliphatic rings. The average Bonchev–Trinajstić information content (AvgIpc) is 3.85. The fraction of sp³-hybridized carbons (Fsp3) is 0. The van der Waals surface area contributed by atoms with Gasteiger partial charge in [0, 0.05) is 56.0 Å². The van der Waals surface area contributed by atoms with Gasteiger partial charge < -0.3 is 9.13 Å². The minimum absolute atomic E-state index is 1.15. The van der Waals surface area contributed by atoms with Crippen LogP contribution in [-0.4, -0.2) is 14.1 Å². The predicted octanol–water partition coefficient (Wildman–Crippen LogP) is 12.9. The molecule has 0 amide bonds. The van der Waals surface area contributed by atoms with Crippen LogP contribution < -0.4 is 0 Å². The minimum atomic E-state index is 1.15. The Kier molecular flexibility index (Phi) is 5.50. The van der Waals surface area contributed by atoms with Crippen LogP contribution >= 0.6 is 0 Å². The molecule has 0 bridgehead atoms. The van der Waals surface area contributed by atoms with Gasteiger partial charge in [0.15, 0.2) is 0 Å². The maximum atomic E-state index is 4.77. The third-order valence-electron chi connectivity index (χ3n) is 11.3. The van der Waals surface area contributed by atoms with Gasteiger partial charge in [-0.25, -0.2) is 0 Å². The van der Waals surface area contributed by atoms with E-state index in [1.165, 1.54) is 104 Å². The molecule has 0 fully saturated rings. The van der Waals surface area contributed by atoms with Crippen LogP contribution in [-0.2, 0) is 0 Å². The topological polar surface area (TPSA) is 22.8 Å². The summed E-state index contributed by atoms with van der Waals surface area (Å²) in [6, 6.07) is 60.0. The summed E-state index contributed by atoms with van der Waals surface area (Å²) in [5, 5.41) is 10.0. The van der Waals surface area contributed by atoms with Gasteiger partial charge in [-0.2, -0.15) is 0 Å². The maximum Gasteiger partial charge on any atom is 0.0556 e. The van der Waals surface area contributed by atoms with Crippen molar-refractivity contribution in [2.45, 2.75) is 0 Å². The molecule has 1 aliphatic carbocycles. The monoisotopic (exact) mass is 659 g/mol. The van der Waals surface area contributed by atoms with Crippen LogP contribution in [0.1, 0.15) is 0 Å². The molecule has 3 heterocycles. The van der Waals surface area contributed by atoms with E-state index in [2.05, 4.69) is 173 Å². The van der Waals surface area contributed by atoms with E-state index in [9.17, 15) is 0 Å². The Bertz CT molecular complexity index is 3260. The first-order chi connectivity index (χ1) is 25.8. The second-order valence-electron chi connectivity index (χ2n) is 14.0. The third-order valence-corrected chi connectivity index (χ3v) is 11.3. The second-order valence-corrected chi connectivity index (χ2v) is 14.0. The molecule has 3 nitrogen and oxygen atoms in total. The minimum Gasteiger partial charge on any atom is -0.309 e. The smallest absolute Gasteiger partial charge is 0.0556 e. The molecule has 0 radical (unpaired) electrons. The molecule has 0 saturated carbocycles. The Labute approximate surface area is 299 Å². The second kappa shape index (κ2) is 10.3. The number of hydrogen-bond acceptors (Lipinski definition) is 1. The summed E-state index contributed by atoms with van der Waals surface area (Å²) in [5.74, 6) is 0. The van der Waals surface area contributed by atoms with Gasteiger partial charge in [-0.3, -0.25) is 4.98 Å². The number of pyridine rings is 1. The lowest BCUT2D eigenvalue weighted by atomic mass is 9.99. The first kappa shape index (κ1) is 27.8. The van der Waals surface area contributed by atoms with Crippen LogP contribution in [0.15, 0.2) is 176 Å². The van der Waals surface area contributed by atoms with E-state index in [1.807, 2.05) is 12.4 Å². The molecule has 0 saturated heterocycles. The standard InChI is InChI=1S/C49H29N3/c1-2-11-33(12-3-1)51-45-23-20-32(27-40(45)49-34-13-5-4-10-30(34)18-24-47(49)51)31-19-22-44-39(26-31)37-16-8-9-17-43(37)52(44)46-25-21-38-35-14-6-7-15-36(35)41-28-50-29-42(46)48(38)41/h1-29H. The molecule has 12 rings (SSSR count). The summed E-state index contributed by atoms with van der Waals surface area (Å²) in [6.45, 7) is 0. The van der Waals surface area contributed by atoms with Crippen molar-refractivity contribution in [2.75, 3.05) is 0 Å². The molecule has 3 aromatic heterocycles. The number of fused-ring (bicyclic) bond motifs is 11. The largest absolute Gasteiger partial charge is 0.309 e. The molecule has 0 aliphatic heterocycles. The summed E-state index contributed by atoms with van der Waals surface area (Å²) in [6.07, 6.45) is 4.07. The Morgan fingerprint density at radius 2 is 1.00 bits per heavy atom. The van der Waals surface area contributed by atoms with Gasteiger partial charge in [0.25, 0.3) is 0 Å². The van der Waals surface area contributed by atoms with E-state index in [0.717, 1.165) is 5.69 Å². The van der Waals surface area contributed by atoms with Crippen molar-refractivity contribution < 1.29 is 0 Å². The number of benzene rings is 8. The van der Waals surface area contributed by atoms with E-state index in [1.54, 1.807) is 0 Å². The predicted molar refractivity (Wildman–Crippen MR) is 218 cm³/mol. The number of rotatable bonds is 3. The van der Waals surface area contributed by atoms with E-state index in [4.69, 9.17) is 4.98 Å². The van der Waals surface area contributed by atoms with Crippen LogP contribution in [0.5, 0.6) is 0 Å². The highest BCUT2D eigenvalue weighted by molar-refractivity contribution is 6.22. The first-order valence-electron chi connectivity index (χ1n) is 17.9. The zero-order valence-electron chi connectivity index (χ0n) is 28.1. The van der Waals surface area contributed by atoms with Crippen molar-refractivity contribution >= 4 is 65.2 Å². The molecule has 240 valence electrons. The lowest BCUT2D eigenvalue weighted by Gasteiger charge is -2.13. The number of para-hydroxylation sites is 2. The summed E-state index contributed by atoms with van der Waals surface area (Å²) in [4.78, 5) is 4.77. The third kappa shape index (κ3) is 3.66.